The zero-order valence-corrected chi connectivity index (χ0v) is 9.55. The standard InChI is InChI=1S/C11H16N4O/c1-8-6-15(9(2)16)7-11(14-8)10-5-12-3-4-13-10/h3-5,8,11,14H,6-7H2,1-2H3. The van der Waals surface area contributed by atoms with Crippen molar-refractivity contribution in [1.82, 2.24) is 20.2 Å². The van der Waals surface area contributed by atoms with E-state index in [2.05, 4.69) is 22.2 Å². The summed E-state index contributed by atoms with van der Waals surface area (Å²) in [6.07, 6.45) is 5.07. The van der Waals surface area contributed by atoms with E-state index < -0.39 is 0 Å². The third-order valence-corrected chi connectivity index (χ3v) is 2.77. The molecule has 2 atom stereocenters. The van der Waals surface area contributed by atoms with Crippen molar-refractivity contribution in [3.8, 4) is 0 Å². The number of nitrogens with zero attached hydrogens (tertiary/aromatic N) is 3. The number of hydrogen-bond donors (Lipinski definition) is 1. The molecule has 5 heteroatoms. The lowest BCUT2D eigenvalue weighted by Gasteiger charge is -2.36. The lowest BCUT2D eigenvalue weighted by Crippen LogP contribution is -2.52. The minimum Gasteiger partial charge on any atom is -0.339 e. The monoisotopic (exact) mass is 220 g/mol. The van der Waals surface area contributed by atoms with Crippen LogP contribution in [-0.4, -0.2) is 39.9 Å². The Morgan fingerprint density at radius 3 is 2.94 bits per heavy atom. The first kappa shape index (κ1) is 11.0. The predicted molar refractivity (Wildman–Crippen MR) is 59.6 cm³/mol. The van der Waals surface area contributed by atoms with Crippen LogP contribution in [0.4, 0.5) is 0 Å². The van der Waals surface area contributed by atoms with Crippen LogP contribution in [0, 0.1) is 0 Å². The average Bonchev–Trinajstić information content (AvgIpc) is 2.29. The number of carbonyl (C=O) groups excluding carboxylic acids is 1. The fourth-order valence-corrected chi connectivity index (χ4v) is 2.00. The number of amides is 1. The Kier molecular flexibility index (Phi) is 3.14. The van der Waals surface area contributed by atoms with Crippen molar-refractivity contribution < 1.29 is 4.79 Å². The zero-order chi connectivity index (χ0) is 11.5. The van der Waals surface area contributed by atoms with Crippen LogP contribution in [0.5, 0.6) is 0 Å². The van der Waals surface area contributed by atoms with E-state index in [0.717, 1.165) is 12.2 Å². The summed E-state index contributed by atoms with van der Waals surface area (Å²) in [6.45, 7) is 5.09. The molecule has 1 aliphatic rings. The van der Waals surface area contributed by atoms with Crippen molar-refractivity contribution in [2.45, 2.75) is 25.9 Å². The first-order valence-corrected chi connectivity index (χ1v) is 5.44. The second-order valence-corrected chi connectivity index (χ2v) is 4.17. The molecule has 1 aromatic rings. The summed E-state index contributed by atoms with van der Waals surface area (Å²) in [5, 5.41) is 3.42. The van der Waals surface area contributed by atoms with Crippen LogP contribution in [-0.2, 0) is 4.79 Å². The number of aromatic nitrogens is 2. The summed E-state index contributed by atoms with van der Waals surface area (Å²) >= 11 is 0. The largest absolute Gasteiger partial charge is 0.339 e. The van der Waals surface area contributed by atoms with Crippen LogP contribution in [0.15, 0.2) is 18.6 Å². The van der Waals surface area contributed by atoms with E-state index in [1.54, 1.807) is 25.5 Å². The lowest BCUT2D eigenvalue weighted by atomic mass is 10.1. The summed E-state index contributed by atoms with van der Waals surface area (Å²) in [5.41, 5.74) is 0.889. The number of hydrogen-bond acceptors (Lipinski definition) is 4. The van der Waals surface area contributed by atoms with Crippen molar-refractivity contribution in [3.63, 3.8) is 0 Å². The van der Waals surface area contributed by atoms with E-state index in [1.165, 1.54) is 0 Å². The van der Waals surface area contributed by atoms with E-state index in [9.17, 15) is 4.79 Å². The van der Waals surface area contributed by atoms with Crippen molar-refractivity contribution in [3.05, 3.63) is 24.3 Å². The fraction of sp³-hybridized carbons (Fsp3) is 0.545. The lowest BCUT2D eigenvalue weighted by molar-refractivity contribution is -0.130. The predicted octanol–water partition coefficient (Wildman–Crippen LogP) is 0.358. The van der Waals surface area contributed by atoms with Gasteiger partial charge in [0, 0.05) is 38.4 Å². The Morgan fingerprint density at radius 1 is 1.50 bits per heavy atom. The Morgan fingerprint density at radius 2 is 2.31 bits per heavy atom. The Balaban J connectivity index is 2.14. The molecule has 2 unspecified atom stereocenters. The fourth-order valence-electron chi connectivity index (χ4n) is 2.00. The van der Waals surface area contributed by atoms with Gasteiger partial charge in [0.1, 0.15) is 0 Å². The SMILES string of the molecule is CC(=O)N1CC(C)NC(c2cnccn2)C1. The molecule has 5 nitrogen and oxygen atoms in total. The molecule has 1 aromatic heterocycles. The van der Waals surface area contributed by atoms with Crippen LogP contribution >= 0.6 is 0 Å². The van der Waals surface area contributed by atoms with Gasteiger partial charge in [-0.05, 0) is 6.92 Å². The molecule has 86 valence electrons. The van der Waals surface area contributed by atoms with Gasteiger partial charge < -0.3 is 10.2 Å². The second-order valence-electron chi connectivity index (χ2n) is 4.17. The molecular weight excluding hydrogens is 204 g/mol. The molecule has 1 saturated heterocycles. The molecule has 0 aromatic carbocycles. The first-order chi connectivity index (χ1) is 7.66. The molecule has 1 amide bonds. The minimum atomic E-state index is 0.0846. The van der Waals surface area contributed by atoms with Gasteiger partial charge in [-0.15, -0.1) is 0 Å². The normalized spacial score (nSPS) is 25.5. The van der Waals surface area contributed by atoms with Crippen molar-refractivity contribution in [1.29, 1.82) is 0 Å². The van der Waals surface area contributed by atoms with E-state index in [-0.39, 0.29) is 18.0 Å². The van der Waals surface area contributed by atoms with E-state index >= 15 is 0 Å². The molecule has 0 spiro atoms. The van der Waals surface area contributed by atoms with Crippen molar-refractivity contribution in [2.24, 2.45) is 0 Å². The molecule has 0 radical (unpaired) electrons. The highest BCUT2D eigenvalue weighted by atomic mass is 16.2. The molecule has 16 heavy (non-hydrogen) atoms. The molecule has 1 fully saturated rings. The van der Waals surface area contributed by atoms with Gasteiger partial charge in [0.2, 0.25) is 5.91 Å². The maximum absolute atomic E-state index is 11.4. The number of nitrogens with one attached hydrogen (secondary N) is 1. The highest BCUT2D eigenvalue weighted by Crippen LogP contribution is 2.16. The zero-order valence-electron chi connectivity index (χ0n) is 9.55. The summed E-state index contributed by atoms with van der Waals surface area (Å²) in [4.78, 5) is 21.5. The smallest absolute Gasteiger partial charge is 0.219 e. The molecule has 1 aliphatic heterocycles. The Hall–Kier alpha value is -1.49. The molecule has 0 aliphatic carbocycles. The van der Waals surface area contributed by atoms with E-state index in [0.29, 0.717) is 6.54 Å². The van der Waals surface area contributed by atoms with Crippen LogP contribution in [0.1, 0.15) is 25.6 Å². The van der Waals surface area contributed by atoms with Gasteiger partial charge in [-0.1, -0.05) is 0 Å². The quantitative estimate of drug-likeness (QED) is 0.742. The van der Waals surface area contributed by atoms with Gasteiger partial charge in [0.15, 0.2) is 0 Å². The minimum absolute atomic E-state index is 0.0846. The average molecular weight is 220 g/mol. The van der Waals surface area contributed by atoms with Gasteiger partial charge in [0.25, 0.3) is 0 Å². The maximum Gasteiger partial charge on any atom is 0.219 e. The Labute approximate surface area is 94.9 Å². The van der Waals surface area contributed by atoms with Crippen LogP contribution in [0.2, 0.25) is 0 Å². The number of rotatable bonds is 1. The van der Waals surface area contributed by atoms with E-state index in [4.69, 9.17) is 0 Å². The number of carbonyl (C=O) groups is 1. The maximum atomic E-state index is 11.4. The van der Waals surface area contributed by atoms with Gasteiger partial charge in [0.05, 0.1) is 17.9 Å². The van der Waals surface area contributed by atoms with Crippen LogP contribution < -0.4 is 5.32 Å². The topological polar surface area (TPSA) is 58.1 Å². The molecule has 0 saturated carbocycles. The highest BCUT2D eigenvalue weighted by molar-refractivity contribution is 5.73. The second kappa shape index (κ2) is 4.57. The molecular formula is C11H16N4O. The number of piperazine rings is 1. The van der Waals surface area contributed by atoms with Crippen molar-refractivity contribution in [2.75, 3.05) is 13.1 Å². The van der Waals surface area contributed by atoms with Crippen molar-refractivity contribution >= 4 is 5.91 Å². The third-order valence-electron chi connectivity index (χ3n) is 2.77. The first-order valence-electron chi connectivity index (χ1n) is 5.44. The third kappa shape index (κ3) is 2.36. The van der Waals surface area contributed by atoms with E-state index in [1.807, 2.05) is 4.90 Å². The van der Waals surface area contributed by atoms with Crippen LogP contribution in [0.3, 0.4) is 0 Å². The van der Waals surface area contributed by atoms with Crippen LogP contribution in [0.25, 0.3) is 0 Å². The Bertz CT molecular complexity index is 368. The highest BCUT2D eigenvalue weighted by Gasteiger charge is 2.27. The summed E-state index contributed by atoms with van der Waals surface area (Å²) in [6, 6.07) is 0.367. The molecule has 2 heterocycles. The molecule has 0 bridgehead atoms. The summed E-state index contributed by atoms with van der Waals surface area (Å²) < 4.78 is 0. The summed E-state index contributed by atoms with van der Waals surface area (Å²) in [5.74, 6) is 0.113. The molecule has 2 rings (SSSR count). The van der Waals surface area contributed by atoms with Gasteiger partial charge in [-0.25, -0.2) is 0 Å². The van der Waals surface area contributed by atoms with Gasteiger partial charge in [-0.2, -0.15) is 0 Å². The van der Waals surface area contributed by atoms with Gasteiger partial charge >= 0.3 is 0 Å². The molecule has 1 N–H and O–H groups in total. The van der Waals surface area contributed by atoms with Gasteiger partial charge in [-0.3, -0.25) is 14.8 Å². The summed E-state index contributed by atoms with van der Waals surface area (Å²) in [7, 11) is 0.